The largest absolute Gasteiger partial charge is 0.387 e. The van der Waals surface area contributed by atoms with Gasteiger partial charge in [-0.1, -0.05) is 5.21 Å². The number of anilines is 1. The highest BCUT2D eigenvalue weighted by Gasteiger charge is 2.12. The first kappa shape index (κ1) is 16.1. The molecule has 0 aliphatic heterocycles. The van der Waals surface area contributed by atoms with Crippen LogP contribution in [-0.2, 0) is 11.3 Å². The summed E-state index contributed by atoms with van der Waals surface area (Å²) >= 11 is 6.84. The van der Waals surface area contributed by atoms with Crippen LogP contribution in [-0.4, -0.2) is 26.0 Å². The molecule has 1 unspecified atom stereocenters. The molecule has 0 spiro atoms. The van der Waals surface area contributed by atoms with E-state index in [0.29, 0.717) is 11.4 Å². The minimum absolute atomic E-state index is 0.0203. The molecular weight excluding hydrogens is 404 g/mol. The number of aryl methyl sites for hydroxylation is 1. The molecule has 2 rings (SSSR count). The predicted molar refractivity (Wildman–Crippen MR) is 85.9 cm³/mol. The van der Waals surface area contributed by atoms with Crippen molar-refractivity contribution in [2.24, 2.45) is 0 Å². The Balaban J connectivity index is 2.08. The number of aliphatic hydroxyl groups is 1. The van der Waals surface area contributed by atoms with Gasteiger partial charge >= 0.3 is 0 Å². The highest BCUT2D eigenvalue weighted by atomic mass is 79.9. The molecule has 21 heavy (non-hydrogen) atoms. The topological polar surface area (TPSA) is 80.0 Å². The number of hydrogen-bond donors (Lipinski definition) is 2. The predicted octanol–water partition coefficient (Wildman–Crippen LogP) is 2.80. The van der Waals surface area contributed by atoms with Gasteiger partial charge in [0.2, 0.25) is 5.91 Å². The Hall–Kier alpha value is -1.25. The Labute approximate surface area is 138 Å². The van der Waals surface area contributed by atoms with Crippen molar-refractivity contribution in [3.63, 3.8) is 0 Å². The summed E-state index contributed by atoms with van der Waals surface area (Å²) in [6, 6.07) is 3.84. The third-order valence-corrected chi connectivity index (χ3v) is 3.99. The summed E-state index contributed by atoms with van der Waals surface area (Å²) in [6.45, 7) is 3.58. The highest BCUT2D eigenvalue weighted by Crippen LogP contribution is 2.32. The fraction of sp³-hybridized carbons (Fsp3) is 0.308. The van der Waals surface area contributed by atoms with Crippen molar-refractivity contribution >= 4 is 43.5 Å². The quantitative estimate of drug-likeness (QED) is 0.801. The summed E-state index contributed by atoms with van der Waals surface area (Å²) < 4.78 is 2.98. The number of amides is 1. The van der Waals surface area contributed by atoms with E-state index in [1.54, 1.807) is 13.1 Å². The number of benzene rings is 1. The van der Waals surface area contributed by atoms with Gasteiger partial charge in [-0.15, -0.1) is 5.10 Å². The summed E-state index contributed by atoms with van der Waals surface area (Å²) in [7, 11) is 0. The van der Waals surface area contributed by atoms with E-state index in [9.17, 15) is 9.90 Å². The van der Waals surface area contributed by atoms with Crippen LogP contribution in [0.4, 0.5) is 5.69 Å². The average Bonchev–Trinajstić information content (AvgIpc) is 2.82. The van der Waals surface area contributed by atoms with E-state index in [1.165, 1.54) is 4.68 Å². The van der Waals surface area contributed by atoms with Crippen molar-refractivity contribution in [3.05, 3.63) is 38.5 Å². The average molecular weight is 418 g/mol. The smallest absolute Gasteiger partial charge is 0.246 e. The first-order chi connectivity index (χ1) is 9.86. The first-order valence-electron chi connectivity index (χ1n) is 6.20. The van der Waals surface area contributed by atoms with Gasteiger partial charge in [0.05, 0.1) is 18.0 Å². The molecule has 0 radical (unpaired) electrons. The number of nitrogens with zero attached hydrogens (tertiary/aromatic N) is 3. The van der Waals surface area contributed by atoms with Gasteiger partial charge in [0, 0.05) is 8.95 Å². The molecule has 0 saturated heterocycles. The minimum Gasteiger partial charge on any atom is -0.387 e. The molecular formula is C13H14Br2N4O2. The molecule has 1 heterocycles. The van der Waals surface area contributed by atoms with Crippen LogP contribution >= 0.6 is 31.9 Å². The second kappa shape index (κ2) is 6.67. The first-order valence-corrected chi connectivity index (χ1v) is 7.79. The maximum atomic E-state index is 12.0. The molecule has 0 saturated carbocycles. The zero-order chi connectivity index (χ0) is 15.6. The lowest BCUT2D eigenvalue weighted by Gasteiger charge is -2.10. The molecule has 6 nitrogen and oxygen atoms in total. The van der Waals surface area contributed by atoms with Crippen LogP contribution in [0.5, 0.6) is 0 Å². The molecule has 0 aliphatic carbocycles. The van der Waals surface area contributed by atoms with Crippen molar-refractivity contribution in [2.45, 2.75) is 26.5 Å². The zero-order valence-electron chi connectivity index (χ0n) is 11.5. The molecule has 0 fully saturated rings. The Morgan fingerprint density at radius 2 is 2.05 bits per heavy atom. The maximum absolute atomic E-state index is 12.0. The summed E-state index contributed by atoms with van der Waals surface area (Å²) in [4.78, 5) is 12.0. The lowest BCUT2D eigenvalue weighted by molar-refractivity contribution is -0.116. The molecule has 112 valence electrons. The second-order valence-corrected chi connectivity index (χ2v) is 6.38. The molecule has 2 N–H and O–H groups in total. The van der Waals surface area contributed by atoms with Crippen LogP contribution < -0.4 is 5.32 Å². The molecule has 1 atom stereocenters. The SMILES string of the molecule is Cc1cc(Br)c(NC(=O)Cn2cc(C(C)O)nn2)c(Br)c1. The van der Waals surface area contributed by atoms with E-state index in [2.05, 4.69) is 47.5 Å². The molecule has 2 aromatic rings. The van der Waals surface area contributed by atoms with E-state index < -0.39 is 6.10 Å². The van der Waals surface area contributed by atoms with Gasteiger partial charge in [-0.25, -0.2) is 4.68 Å². The third-order valence-electron chi connectivity index (χ3n) is 2.74. The maximum Gasteiger partial charge on any atom is 0.246 e. The van der Waals surface area contributed by atoms with Crippen LogP contribution in [0.15, 0.2) is 27.3 Å². The fourth-order valence-electron chi connectivity index (χ4n) is 1.73. The standard InChI is InChI=1S/C13H14Br2N4O2/c1-7-3-9(14)13(10(15)4-7)16-12(21)6-19-5-11(8(2)20)17-18-19/h3-5,8,20H,6H2,1-2H3,(H,16,21). The van der Waals surface area contributed by atoms with Gasteiger partial charge in [0.1, 0.15) is 12.2 Å². The van der Waals surface area contributed by atoms with Crippen LogP contribution in [0.2, 0.25) is 0 Å². The minimum atomic E-state index is -0.706. The van der Waals surface area contributed by atoms with E-state index in [1.807, 2.05) is 19.1 Å². The normalized spacial score (nSPS) is 12.2. The van der Waals surface area contributed by atoms with Crippen LogP contribution in [0.1, 0.15) is 24.3 Å². The summed E-state index contributed by atoms with van der Waals surface area (Å²) in [5, 5.41) is 19.8. The Bertz CT molecular complexity index is 647. The van der Waals surface area contributed by atoms with Crippen molar-refractivity contribution in [3.8, 4) is 0 Å². The van der Waals surface area contributed by atoms with Gasteiger partial charge in [-0.2, -0.15) is 0 Å². The van der Waals surface area contributed by atoms with Gasteiger partial charge in [-0.05, 0) is 63.4 Å². The third kappa shape index (κ3) is 4.12. The van der Waals surface area contributed by atoms with Gasteiger partial charge in [0.25, 0.3) is 0 Å². The monoisotopic (exact) mass is 416 g/mol. The van der Waals surface area contributed by atoms with Crippen molar-refractivity contribution in [1.29, 1.82) is 0 Å². The Kier molecular flexibility index (Phi) is 5.13. The summed E-state index contributed by atoms with van der Waals surface area (Å²) in [5.74, 6) is -0.234. The molecule has 0 aliphatic rings. The number of aromatic nitrogens is 3. The zero-order valence-corrected chi connectivity index (χ0v) is 14.6. The van der Waals surface area contributed by atoms with E-state index >= 15 is 0 Å². The Morgan fingerprint density at radius 1 is 1.43 bits per heavy atom. The number of hydrogen-bond acceptors (Lipinski definition) is 4. The fourth-order valence-corrected chi connectivity index (χ4v) is 3.34. The molecule has 1 aromatic carbocycles. The lowest BCUT2D eigenvalue weighted by Crippen LogP contribution is -2.19. The van der Waals surface area contributed by atoms with Gasteiger partial charge in [0.15, 0.2) is 0 Å². The highest BCUT2D eigenvalue weighted by molar-refractivity contribution is 9.11. The summed E-state index contributed by atoms with van der Waals surface area (Å²) in [5.41, 5.74) is 2.17. The van der Waals surface area contributed by atoms with Crippen molar-refractivity contribution in [1.82, 2.24) is 15.0 Å². The Morgan fingerprint density at radius 3 is 2.57 bits per heavy atom. The molecule has 1 aromatic heterocycles. The van der Waals surface area contributed by atoms with Crippen LogP contribution in [0.25, 0.3) is 0 Å². The van der Waals surface area contributed by atoms with Gasteiger partial charge < -0.3 is 10.4 Å². The lowest BCUT2D eigenvalue weighted by atomic mass is 10.2. The van der Waals surface area contributed by atoms with Gasteiger partial charge in [-0.3, -0.25) is 4.79 Å². The number of carbonyl (C=O) groups excluding carboxylic acids is 1. The molecule has 1 amide bonds. The van der Waals surface area contributed by atoms with E-state index in [-0.39, 0.29) is 12.5 Å². The van der Waals surface area contributed by atoms with Crippen molar-refractivity contribution in [2.75, 3.05) is 5.32 Å². The van der Waals surface area contributed by atoms with Crippen LogP contribution in [0, 0.1) is 6.92 Å². The molecule has 8 heteroatoms. The molecule has 0 bridgehead atoms. The number of carbonyl (C=O) groups is 1. The van der Waals surface area contributed by atoms with E-state index in [0.717, 1.165) is 14.5 Å². The number of rotatable bonds is 4. The van der Waals surface area contributed by atoms with Crippen LogP contribution in [0.3, 0.4) is 0 Å². The number of nitrogens with one attached hydrogen (secondary N) is 1. The number of halogens is 2. The second-order valence-electron chi connectivity index (χ2n) is 4.67. The number of aliphatic hydroxyl groups excluding tert-OH is 1. The summed E-state index contributed by atoms with van der Waals surface area (Å²) in [6.07, 6.45) is 0.839. The van der Waals surface area contributed by atoms with E-state index in [4.69, 9.17) is 0 Å². The van der Waals surface area contributed by atoms with Crippen molar-refractivity contribution < 1.29 is 9.90 Å².